The average Bonchev–Trinajstić information content (AvgIpc) is 2.83. The molecule has 0 heterocycles. The summed E-state index contributed by atoms with van der Waals surface area (Å²) in [7, 11) is -1.09. The lowest BCUT2D eigenvalue weighted by molar-refractivity contribution is 0.0950. The Morgan fingerprint density at radius 3 is 2.28 bits per heavy atom. The van der Waals surface area contributed by atoms with Crippen LogP contribution in [0.1, 0.15) is 27.0 Å². The molecule has 0 radical (unpaired) electrons. The molecule has 0 aromatic heterocycles. The Kier molecular flexibility index (Phi) is 7.99. The average molecular weight is 455 g/mol. The summed E-state index contributed by atoms with van der Waals surface area (Å²) in [5.41, 5.74) is 3.24. The van der Waals surface area contributed by atoms with Crippen LogP contribution >= 0.6 is 0 Å². The van der Waals surface area contributed by atoms with Crippen LogP contribution in [-0.2, 0) is 34.5 Å². The number of nitrogens with one attached hydrogen (secondary N) is 2. The molecular weight excluding hydrogens is 428 g/mol. The van der Waals surface area contributed by atoms with Gasteiger partial charge in [0.2, 0.25) is 10.0 Å². The van der Waals surface area contributed by atoms with E-state index >= 15 is 0 Å². The first-order valence-electron chi connectivity index (χ1n) is 10.0. The summed E-state index contributed by atoms with van der Waals surface area (Å²) in [5, 5.41) is 2.82. The van der Waals surface area contributed by atoms with Gasteiger partial charge in [0.1, 0.15) is 10.6 Å². The van der Waals surface area contributed by atoms with Gasteiger partial charge in [0, 0.05) is 12.1 Å². The van der Waals surface area contributed by atoms with Crippen molar-refractivity contribution in [1.82, 2.24) is 10.0 Å². The molecule has 0 aliphatic heterocycles. The Labute approximate surface area is 188 Å². The van der Waals surface area contributed by atoms with Crippen LogP contribution in [0.25, 0.3) is 0 Å². The van der Waals surface area contributed by atoms with Crippen molar-refractivity contribution in [2.45, 2.75) is 24.7 Å². The van der Waals surface area contributed by atoms with E-state index in [1.54, 1.807) is 0 Å². The number of carbonyl (C=O) groups is 1. The van der Waals surface area contributed by atoms with Crippen LogP contribution in [0.5, 0.6) is 5.75 Å². The van der Waals surface area contributed by atoms with Crippen molar-refractivity contribution in [2.24, 2.45) is 0 Å². The van der Waals surface area contributed by atoms with E-state index in [-0.39, 0.29) is 22.1 Å². The van der Waals surface area contributed by atoms with E-state index in [0.717, 1.165) is 16.7 Å². The second-order valence-electron chi connectivity index (χ2n) is 7.05. The Hall–Kier alpha value is -3.20. The van der Waals surface area contributed by atoms with Gasteiger partial charge < -0.3 is 14.8 Å². The predicted molar refractivity (Wildman–Crippen MR) is 122 cm³/mol. The normalized spacial score (nSPS) is 11.2. The lowest BCUT2D eigenvalue weighted by Gasteiger charge is -2.12. The Morgan fingerprint density at radius 2 is 1.56 bits per heavy atom. The number of hydrogen-bond acceptors (Lipinski definition) is 5. The maximum atomic E-state index is 12.6. The zero-order chi connectivity index (χ0) is 23.0. The second kappa shape index (κ2) is 10.9. The number of carbonyl (C=O) groups excluding carboxylic acids is 1. The van der Waals surface area contributed by atoms with Gasteiger partial charge in [-0.1, -0.05) is 54.6 Å². The number of amides is 1. The van der Waals surface area contributed by atoms with Gasteiger partial charge in [0.15, 0.2) is 0 Å². The number of rotatable bonds is 10. The molecule has 2 N–H and O–H groups in total. The molecule has 0 saturated heterocycles. The van der Waals surface area contributed by atoms with Gasteiger partial charge in [-0.3, -0.25) is 4.79 Å². The summed E-state index contributed by atoms with van der Waals surface area (Å²) < 4.78 is 37.5. The minimum absolute atomic E-state index is 0.0901. The summed E-state index contributed by atoms with van der Waals surface area (Å²) in [4.78, 5) is 12.5. The van der Waals surface area contributed by atoms with Crippen LogP contribution in [0.4, 0.5) is 0 Å². The molecule has 168 valence electrons. The van der Waals surface area contributed by atoms with Gasteiger partial charge >= 0.3 is 0 Å². The van der Waals surface area contributed by atoms with Gasteiger partial charge in [0.25, 0.3) is 5.91 Å². The maximum Gasteiger partial charge on any atom is 0.251 e. The Bertz CT molecular complexity index is 1160. The maximum absolute atomic E-state index is 12.6. The van der Waals surface area contributed by atoms with E-state index in [4.69, 9.17) is 9.47 Å². The molecule has 32 heavy (non-hydrogen) atoms. The van der Waals surface area contributed by atoms with Gasteiger partial charge in [-0.15, -0.1) is 0 Å². The molecule has 0 unspecified atom stereocenters. The van der Waals surface area contributed by atoms with E-state index in [1.165, 1.54) is 32.4 Å². The third-order valence-electron chi connectivity index (χ3n) is 4.81. The Balaban J connectivity index is 1.61. The summed E-state index contributed by atoms with van der Waals surface area (Å²) in [5.74, 6) is -0.218. The molecule has 0 saturated carbocycles. The van der Waals surface area contributed by atoms with Crippen molar-refractivity contribution < 1.29 is 22.7 Å². The molecule has 1 amide bonds. The first-order chi connectivity index (χ1) is 15.4. The van der Waals surface area contributed by atoms with Crippen molar-refractivity contribution >= 4 is 15.9 Å². The minimum atomic E-state index is -3.77. The summed E-state index contributed by atoms with van der Waals surface area (Å²) in [6, 6.07) is 22.0. The smallest absolute Gasteiger partial charge is 0.251 e. The highest BCUT2D eigenvalue weighted by Gasteiger charge is 2.20. The van der Waals surface area contributed by atoms with Gasteiger partial charge in [-0.25, -0.2) is 13.1 Å². The van der Waals surface area contributed by atoms with Crippen molar-refractivity contribution in [2.75, 3.05) is 14.2 Å². The molecule has 0 bridgehead atoms. The fourth-order valence-electron chi connectivity index (χ4n) is 3.11. The fraction of sp³-hybridized carbons (Fsp3) is 0.208. The molecule has 0 fully saturated rings. The fourth-order valence-corrected chi connectivity index (χ4v) is 4.03. The molecule has 3 aromatic carbocycles. The zero-order valence-corrected chi connectivity index (χ0v) is 18.8. The summed E-state index contributed by atoms with van der Waals surface area (Å²) >= 11 is 0. The van der Waals surface area contributed by atoms with Gasteiger partial charge in [-0.2, -0.15) is 0 Å². The summed E-state index contributed by atoms with van der Waals surface area (Å²) in [6.07, 6.45) is 0. The molecule has 3 rings (SSSR count). The SMILES string of the molecule is CNS(=O)(=O)c1cc(C(=O)NCc2cccc(COCc3ccccc3)c2)ccc1OC. The van der Waals surface area contributed by atoms with Crippen molar-refractivity contribution in [3.05, 3.63) is 95.1 Å². The first-order valence-corrected chi connectivity index (χ1v) is 11.5. The van der Waals surface area contributed by atoms with Crippen LogP contribution in [0, 0.1) is 0 Å². The number of ether oxygens (including phenoxy) is 2. The third-order valence-corrected chi connectivity index (χ3v) is 6.24. The molecule has 0 aliphatic carbocycles. The third kappa shape index (κ3) is 6.16. The largest absolute Gasteiger partial charge is 0.495 e. The minimum Gasteiger partial charge on any atom is -0.495 e. The number of sulfonamides is 1. The van der Waals surface area contributed by atoms with Crippen LogP contribution in [0.3, 0.4) is 0 Å². The monoisotopic (exact) mass is 454 g/mol. The number of hydrogen-bond donors (Lipinski definition) is 2. The van der Waals surface area contributed by atoms with Crippen LogP contribution in [-0.4, -0.2) is 28.5 Å². The highest BCUT2D eigenvalue weighted by atomic mass is 32.2. The molecule has 0 spiro atoms. The van der Waals surface area contributed by atoms with Crippen molar-refractivity contribution in [3.8, 4) is 5.75 Å². The molecule has 0 atom stereocenters. The van der Waals surface area contributed by atoms with E-state index in [0.29, 0.717) is 19.8 Å². The highest BCUT2D eigenvalue weighted by molar-refractivity contribution is 7.89. The van der Waals surface area contributed by atoms with Crippen molar-refractivity contribution in [1.29, 1.82) is 0 Å². The standard InChI is InChI=1S/C24H26N2O5S/c1-25-32(28,29)23-14-21(11-12-22(23)30-2)24(27)26-15-19-9-6-10-20(13-19)17-31-16-18-7-4-3-5-8-18/h3-14,25H,15-17H2,1-2H3,(H,26,27). The first kappa shape index (κ1) is 23.5. The molecule has 7 nitrogen and oxygen atoms in total. The molecule has 0 aliphatic rings. The number of methoxy groups -OCH3 is 1. The molecule has 8 heteroatoms. The van der Waals surface area contributed by atoms with E-state index < -0.39 is 10.0 Å². The molecule has 3 aromatic rings. The van der Waals surface area contributed by atoms with E-state index in [9.17, 15) is 13.2 Å². The predicted octanol–water partition coefficient (Wildman–Crippen LogP) is 3.25. The highest BCUT2D eigenvalue weighted by Crippen LogP contribution is 2.24. The summed E-state index contributed by atoms with van der Waals surface area (Å²) in [6.45, 7) is 1.28. The van der Waals surface area contributed by atoms with Crippen LogP contribution in [0.15, 0.2) is 77.7 Å². The van der Waals surface area contributed by atoms with Crippen molar-refractivity contribution in [3.63, 3.8) is 0 Å². The van der Waals surface area contributed by atoms with E-state index in [2.05, 4.69) is 10.0 Å². The second-order valence-corrected chi connectivity index (χ2v) is 8.91. The lowest BCUT2D eigenvalue weighted by Crippen LogP contribution is -2.24. The Morgan fingerprint density at radius 1 is 0.875 bits per heavy atom. The lowest BCUT2D eigenvalue weighted by atomic mass is 10.1. The zero-order valence-electron chi connectivity index (χ0n) is 18.0. The van der Waals surface area contributed by atoms with Crippen LogP contribution < -0.4 is 14.8 Å². The number of benzene rings is 3. The van der Waals surface area contributed by atoms with E-state index in [1.807, 2.05) is 54.6 Å². The van der Waals surface area contributed by atoms with Gasteiger partial charge in [-0.05, 0) is 41.9 Å². The van der Waals surface area contributed by atoms with Crippen LogP contribution in [0.2, 0.25) is 0 Å². The topological polar surface area (TPSA) is 93.7 Å². The quantitative estimate of drug-likeness (QED) is 0.491. The van der Waals surface area contributed by atoms with Gasteiger partial charge in [0.05, 0.1) is 20.3 Å². The molecular formula is C24H26N2O5S.